The van der Waals surface area contributed by atoms with Crippen molar-refractivity contribution in [3.63, 3.8) is 0 Å². The number of benzene rings is 1. The van der Waals surface area contributed by atoms with Crippen LogP contribution in [0.4, 0.5) is 11.4 Å². The summed E-state index contributed by atoms with van der Waals surface area (Å²) in [5, 5.41) is 3.36. The second-order valence-corrected chi connectivity index (χ2v) is 18.8. The van der Waals surface area contributed by atoms with E-state index in [1.54, 1.807) is 17.6 Å². The van der Waals surface area contributed by atoms with E-state index in [1.807, 2.05) is 19.1 Å². The third-order valence-electron chi connectivity index (χ3n) is 8.26. The van der Waals surface area contributed by atoms with E-state index in [1.165, 1.54) is 12.3 Å². The first-order valence-electron chi connectivity index (χ1n) is 16.1. The Kier molecular flexibility index (Phi) is 12.0. The van der Waals surface area contributed by atoms with Gasteiger partial charge in [0.15, 0.2) is 29.5 Å². The summed E-state index contributed by atoms with van der Waals surface area (Å²) >= 11 is 1.09. The second kappa shape index (κ2) is 15.8. The molecule has 0 radical (unpaired) electrons. The van der Waals surface area contributed by atoms with Gasteiger partial charge >= 0.3 is 5.91 Å². The van der Waals surface area contributed by atoms with Gasteiger partial charge in [-0.15, -0.1) is 0 Å². The first kappa shape index (κ1) is 37.9. The zero-order valence-electron chi connectivity index (χ0n) is 29.5. The summed E-state index contributed by atoms with van der Waals surface area (Å²) in [6.45, 7) is 16.0. The van der Waals surface area contributed by atoms with Gasteiger partial charge < -0.3 is 36.1 Å². The molecule has 0 saturated heterocycles. The largest absolute Gasteiger partial charge is 0.491 e. The SMILES string of the molecule is CCc1nc(C)oc1C(=O)N=c1sc2nc(C(N)=O)cnc2n1C/C=C/CNc1c(N)cc(C(N)=O)cc1OCCCO[Si](C)(C)C(C)(C)C. The van der Waals surface area contributed by atoms with Crippen LogP contribution < -0.4 is 32.1 Å². The number of primary amides is 2. The van der Waals surface area contributed by atoms with Gasteiger partial charge in [-0.25, -0.2) is 15.0 Å². The minimum absolute atomic E-state index is 0.0104. The lowest BCUT2D eigenvalue weighted by Gasteiger charge is -2.36. The molecule has 3 heterocycles. The highest BCUT2D eigenvalue weighted by atomic mass is 32.1. The fourth-order valence-electron chi connectivity index (χ4n) is 4.52. The molecule has 0 atom stereocenters. The summed E-state index contributed by atoms with van der Waals surface area (Å²) in [5.74, 6) is -1.12. The van der Waals surface area contributed by atoms with Gasteiger partial charge in [0.05, 0.1) is 24.2 Å². The number of fused-ring (bicyclic) bond motifs is 1. The molecule has 4 rings (SSSR count). The summed E-state index contributed by atoms with van der Waals surface area (Å²) in [7, 11) is -1.89. The zero-order valence-corrected chi connectivity index (χ0v) is 31.3. The van der Waals surface area contributed by atoms with Crippen LogP contribution in [0.3, 0.4) is 0 Å². The molecule has 0 spiro atoms. The molecule has 17 heteroatoms. The van der Waals surface area contributed by atoms with E-state index in [-0.39, 0.29) is 28.6 Å². The first-order valence-corrected chi connectivity index (χ1v) is 19.8. The van der Waals surface area contributed by atoms with E-state index in [9.17, 15) is 14.4 Å². The fourth-order valence-corrected chi connectivity index (χ4v) is 6.58. The number of nitrogen functional groups attached to an aromatic ring is 1. The molecule has 3 aromatic heterocycles. The first-order chi connectivity index (χ1) is 23.5. The zero-order chi connectivity index (χ0) is 36.8. The molecule has 15 nitrogen and oxygen atoms in total. The van der Waals surface area contributed by atoms with Crippen LogP contribution in [0, 0.1) is 6.92 Å². The number of anilines is 2. The lowest BCUT2D eigenvalue weighted by atomic mass is 10.1. The number of carbonyl (C=O) groups excluding carboxylic acids is 3. The van der Waals surface area contributed by atoms with E-state index >= 15 is 0 Å². The predicted octanol–water partition coefficient (Wildman–Crippen LogP) is 4.33. The third-order valence-corrected chi connectivity index (χ3v) is 13.8. The number of aromatic nitrogens is 4. The maximum atomic E-state index is 13.2. The van der Waals surface area contributed by atoms with Crippen molar-refractivity contribution in [3.05, 3.63) is 63.9 Å². The molecule has 50 heavy (non-hydrogen) atoms. The molecular weight excluding hydrogens is 679 g/mol. The Bertz CT molecular complexity index is 1990. The summed E-state index contributed by atoms with van der Waals surface area (Å²) in [5.41, 5.74) is 19.2. The van der Waals surface area contributed by atoms with Crippen LogP contribution in [-0.2, 0) is 17.4 Å². The monoisotopic (exact) mass is 723 g/mol. The normalized spacial score (nSPS) is 12.6. The van der Waals surface area contributed by atoms with E-state index in [0.29, 0.717) is 76.6 Å². The summed E-state index contributed by atoms with van der Waals surface area (Å²) < 4.78 is 19.5. The van der Waals surface area contributed by atoms with E-state index in [4.69, 9.17) is 30.8 Å². The van der Waals surface area contributed by atoms with Crippen molar-refractivity contribution in [1.82, 2.24) is 19.5 Å². The number of amides is 3. The van der Waals surface area contributed by atoms with Gasteiger partial charge in [-0.1, -0.05) is 51.2 Å². The number of nitrogens with zero attached hydrogens (tertiary/aromatic N) is 5. The third kappa shape index (κ3) is 9.02. The molecule has 0 aliphatic heterocycles. The number of ether oxygens (including phenoxy) is 1. The van der Waals surface area contributed by atoms with Gasteiger partial charge in [-0.2, -0.15) is 4.99 Å². The van der Waals surface area contributed by atoms with Crippen LogP contribution in [0.25, 0.3) is 10.5 Å². The maximum absolute atomic E-state index is 13.2. The number of thiazole rings is 1. The number of hydrogen-bond acceptors (Lipinski definition) is 12. The standard InChI is InChI=1S/C33H45N9O6SSi/c1-8-22-26(48-19(2)39-22)30(45)41-32-42(29-31(49-32)40-23(18-38-29)28(36)44)13-10-9-12-37-25-21(34)16-20(27(35)43)17-24(25)46-14-11-15-47-50(6,7)33(3,4)5/h9-10,16-18,37H,8,11-15,34H2,1-7H3,(H2,35,43)(H2,36,44)/b10-9+,41-32?. The van der Waals surface area contributed by atoms with Gasteiger partial charge in [0.25, 0.3) is 5.91 Å². The fraction of sp³-hybridized carbons (Fsp3) is 0.424. The van der Waals surface area contributed by atoms with Crippen LogP contribution in [0.2, 0.25) is 18.1 Å². The van der Waals surface area contributed by atoms with Gasteiger partial charge in [0.2, 0.25) is 11.7 Å². The number of carbonyl (C=O) groups is 3. The maximum Gasteiger partial charge on any atom is 0.317 e. The summed E-state index contributed by atoms with van der Waals surface area (Å²) in [6.07, 6.45) is 6.11. The number of nitrogens with one attached hydrogen (secondary N) is 1. The van der Waals surface area contributed by atoms with Gasteiger partial charge in [-0.3, -0.25) is 19.0 Å². The highest BCUT2D eigenvalue weighted by Crippen LogP contribution is 2.37. The molecule has 0 aliphatic carbocycles. The minimum Gasteiger partial charge on any atom is -0.491 e. The van der Waals surface area contributed by atoms with Crippen molar-refractivity contribution in [1.29, 1.82) is 0 Å². The van der Waals surface area contributed by atoms with E-state index in [0.717, 1.165) is 11.3 Å². The molecule has 0 bridgehead atoms. The van der Waals surface area contributed by atoms with Crippen LogP contribution >= 0.6 is 11.3 Å². The number of hydrogen-bond donors (Lipinski definition) is 4. The number of rotatable bonds is 15. The molecule has 3 amide bonds. The Morgan fingerprint density at radius 3 is 2.52 bits per heavy atom. The lowest BCUT2D eigenvalue weighted by Crippen LogP contribution is -2.41. The van der Waals surface area contributed by atoms with Gasteiger partial charge in [0, 0.05) is 38.6 Å². The molecule has 0 saturated carbocycles. The van der Waals surface area contributed by atoms with Crippen molar-refractivity contribution < 1.29 is 28.0 Å². The van der Waals surface area contributed by atoms with Crippen molar-refractivity contribution in [2.75, 3.05) is 30.8 Å². The number of nitrogens with two attached hydrogens (primary N) is 3. The molecule has 268 valence electrons. The smallest absolute Gasteiger partial charge is 0.317 e. The summed E-state index contributed by atoms with van der Waals surface area (Å²) in [4.78, 5) is 54.8. The Hall–Kier alpha value is -4.87. The Morgan fingerprint density at radius 2 is 1.86 bits per heavy atom. The topological polar surface area (TPSA) is 229 Å². The molecular formula is C33H45N9O6SSi. The average Bonchev–Trinajstić information content (AvgIpc) is 3.59. The lowest BCUT2D eigenvalue weighted by molar-refractivity contribution is 0.0966. The van der Waals surface area contributed by atoms with Crippen LogP contribution in [-0.4, -0.2) is 65.3 Å². The van der Waals surface area contributed by atoms with Crippen molar-refractivity contribution in [2.24, 2.45) is 16.5 Å². The van der Waals surface area contributed by atoms with E-state index in [2.05, 4.69) is 59.1 Å². The highest BCUT2D eigenvalue weighted by Gasteiger charge is 2.36. The quantitative estimate of drug-likeness (QED) is 0.0584. The Labute approximate surface area is 295 Å². The van der Waals surface area contributed by atoms with Crippen molar-refractivity contribution in [2.45, 2.75) is 72.1 Å². The van der Waals surface area contributed by atoms with Gasteiger partial charge in [-0.05, 0) is 36.7 Å². The molecule has 7 N–H and O–H groups in total. The number of aryl methyl sites for hydroxylation is 2. The molecule has 0 aliphatic rings. The predicted molar refractivity (Wildman–Crippen MR) is 195 cm³/mol. The number of allylic oxidation sites excluding steroid dienone is 1. The molecule has 0 fully saturated rings. The second-order valence-electron chi connectivity index (χ2n) is 13.0. The molecule has 0 unspecified atom stereocenters. The Morgan fingerprint density at radius 1 is 1.12 bits per heavy atom. The van der Waals surface area contributed by atoms with Crippen LogP contribution in [0.5, 0.6) is 5.75 Å². The average molecular weight is 724 g/mol. The number of oxazole rings is 1. The van der Waals surface area contributed by atoms with Crippen LogP contribution in [0.15, 0.2) is 39.9 Å². The minimum atomic E-state index is -1.89. The Balaban J connectivity index is 1.52. The van der Waals surface area contributed by atoms with Crippen LogP contribution in [0.1, 0.15) is 77.1 Å². The highest BCUT2D eigenvalue weighted by molar-refractivity contribution is 7.15. The van der Waals surface area contributed by atoms with Crippen molar-refractivity contribution in [3.8, 4) is 5.75 Å². The van der Waals surface area contributed by atoms with Crippen molar-refractivity contribution >= 4 is 59.2 Å². The molecule has 4 aromatic rings. The van der Waals surface area contributed by atoms with E-state index < -0.39 is 26.0 Å². The van der Waals surface area contributed by atoms with Gasteiger partial charge in [0.1, 0.15) is 17.1 Å². The molecule has 1 aromatic carbocycles. The summed E-state index contributed by atoms with van der Waals surface area (Å²) in [6, 6.07) is 3.07.